The number of likely N-dealkylation sites (tertiary alicyclic amines) is 1. The third-order valence-corrected chi connectivity index (χ3v) is 5.48. The van der Waals surface area contributed by atoms with Gasteiger partial charge >= 0.3 is 12.1 Å². The number of carboxylic acid groups (broad SMARTS) is 1. The fourth-order valence-corrected chi connectivity index (χ4v) is 3.99. The zero-order chi connectivity index (χ0) is 20.5. The number of carboxylic acids is 1. The number of aryl methyl sites for hydroxylation is 1. The summed E-state index contributed by atoms with van der Waals surface area (Å²) in [7, 11) is 0. The van der Waals surface area contributed by atoms with Gasteiger partial charge in [0.1, 0.15) is 6.04 Å². The summed E-state index contributed by atoms with van der Waals surface area (Å²) in [6, 6.07) is 3.40. The number of pyridine rings is 1. The number of carbonyl (C=O) groups is 1. The van der Waals surface area contributed by atoms with Gasteiger partial charge in [-0.3, -0.25) is 14.7 Å². The molecule has 1 aromatic heterocycles. The Morgan fingerprint density at radius 2 is 2.04 bits per heavy atom. The number of alkyl halides is 3. The Kier molecular flexibility index (Phi) is 5.95. The summed E-state index contributed by atoms with van der Waals surface area (Å²) in [5, 5.41) is 9.88. The molecule has 0 spiro atoms. The first-order valence-corrected chi connectivity index (χ1v) is 9.33. The minimum atomic E-state index is -4.52. The number of halogens is 4. The number of piperidine rings is 1. The van der Waals surface area contributed by atoms with Crippen molar-refractivity contribution >= 4 is 17.6 Å². The zero-order valence-corrected chi connectivity index (χ0v) is 16.0. The summed E-state index contributed by atoms with van der Waals surface area (Å²) in [6.45, 7) is 2.26. The minimum absolute atomic E-state index is 0.170. The van der Waals surface area contributed by atoms with Gasteiger partial charge in [0.15, 0.2) is 0 Å². The Morgan fingerprint density at radius 3 is 2.68 bits per heavy atom. The average molecular weight is 413 g/mol. The number of aromatic nitrogens is 1. The second kappa shape index (κ2) is 8.09. The zero-order valence-electron chi connectivity index (χ0n) is 15.2. The van der Waals surface area contributed by atoms with Gasteiger partial charge in [0.2, 0.25) is 0 Å². The Morgan fingerprint density at radius 1 is 1.29 bits per heavy atom. The standard InChI is InChI=1S/C20H20ClF3N2O2/c1-12-11-25-8-7-14(12)18(26-9-3-2-4-17(26)19(27)28)15-10-13(20(22,23)24)5-6-16(15)21/h5-8,10-11,17-18H,2-4,9H2,1H3,(H,27,28). The van der Waals surface area contributed by atoms with Crippen molar-refractivity contribution in [3.05, 3.63) is 63.9 Å². The topological polar surface area (TPSA) is 53.4 Å². The van der Waals surface area contributed by atoms with Gasteiger partial charge in [0.05, 0.1) is 11.6 Å². The van der Waals surface area contributed by atoms with Crippen molar-refractivity contribution in [3.63, 3.8) is 0 Å². The molecule has 0 saturated carbocycles. The first-order valence-electron chi connectivity index (χ1n) is 8.96. The summed E-state index contributed by atoms with van der Waals surface area (Å²) < 4.78 is 40.0. The minimum Gasteiger partial charge on any atom is -0.480 e. The molecule has 1 saturated heterocycles. The van der Waals surface area contributed by atoms with Gasteiger partial charge in [-0.1, -0.05) is 18.0 Å². The Hall–Kier alpha value is -2.12. The molecule has 0 aliphatic carbocycles. The second-order valence-electron chi connectivity index (χ2n) is 6.96. The van der Waals surface area contributed by atoms with Crippen LogP contribution in [0.4, 0.5) is 13.2 Å². The second-order valence-corrected chi connectivity index (χ2v) is 7.36. The third kappa shape index (κ3) is 4.15. The van der Waals surface area contributed by atoms with Crippen LogP contribution in [-0.2, 0) is 11.0 Å². The molecular formula is C20H20ClF3N2O2. The molecule has 150 valence electrons. The van der Waals surface area contributed by atoms with Crippen LogP contribution in [0.15, 0.2) is 36.7 Å². The number of aliphatic carboxylic acids is 1. The molecule has 1 aliphatic rings. The lowest BCUT2D eigenvalue weighted by Gasteiger charge is -2.40. The van der Waals surface area contributed by atoms with E-state index in [2.05, 4.69) is 4.98 Å². The predicted octanol–water partition coefficient (Wildman–Crippen LogP) is 5.09. The highest BCUT2D eigenvalue weighted by Crippen LogP contribution is 2.41. The van der Waals surface area contributed by atoms with E-state index in [-0.39, 0.29) is 10.6 Å². The Balaban J connectivity index is 2.20. The van der Waals surface area contributed by atoms with Crippen LogP contribution < -0.4 is 0 Å². The van der Waals surface area contributed by atoms with Crippen LogP contribution in [0.5, 0.6) is 0 Å². The van der Waals surface area contributed by atoms with Gasteiger partial charge in [0, 0.05) is 17.4 Å². The first-order chi connectivity index (χ1) is 13.2. The molecule has 2 atom stereocenters. The molecule has 1 aliphatic heterocycles. The lowest BCUT2D eigenvalue weighted by molar-refractivity contribution is -0.145. The van der Waals surface area contributed by atoms with Crippen LogP contribution in [0, 0.1) is 6.92 Å². The van der Waals surface area contributed by atoms with Crippen LogP contribution in [-0.4, -0.2) is 33.5 Å². The van der Waals surface area contributed by atoms with E-state index in [4.69, 9.17) is 11.6 Å². The van der Waals surface area contributed by atoms with E-state index in [1.165, 1.54) is 6.07 Å². The largest absolute Gasteiger partial charge is 0.480 e. The monoisotopic (exact) mass is 412 g/mol. The maximum absolute atomic E-state index is 13.3. The molecule has 28 heavy (non-hydrogen) atoms. The van der Waals surface area contributed by atoms with Crippen molar-refractivity contribution in [2.24, 2.45) is 0 Å². The van der Waals surface area contributed by atoms with Crippen LogP contribution >= 0.6 is 11.6 Å². The van der Waals surface area contributed by atoms with Crippen molar-refractivity contribution in [2.45, 2.75) is 44.4 Å². The van der Waals surface area contributed by atoms with E-state index in [0.717, 1.165) is 30.5 Å². The summed E-state index contributed by atoms with van der Waals surface area (Å²) >= 11 is 6.33. The van der Waals surface area contributed by atoms with Crippen molar-refractivity contribution in [1.82, 2.24) is 9.88 Å². The van der Waals surface area contributed by atoms with E-state index < -0.39 is 29.8 Å². The van der Waals surface area contributed by atoms with Gasteiger partial charge in [-0.2, -0.15) is 13.2 Å². The average Bonchev–Trinajstić information content (AvgIpc) is 2.64. The molecule has 1 aromatic carbocycles. The van der Waals surface area contributed by atoms with Crippen LogP contribution in [0.2, 0.25) is 5.02 Å². The molecule has 3 rings (SSSR count). The van der Waals surface area contributed by atoms with E-state index in [1.54, 1.807) is 30.3 Å². The van der Waals surface area contributed by atoms with Gasteiger partial charge < -0.3 is 5.11 Å². The smallest absolute Gasteiger partial charge is 0.416 e. The van der Waals surface area contributed by atoms with Crippen LogP contribution in [0.3, 0.4) is 0 Å². The first kappa shape index (κ1) is 20.6. The van der Waals surface area contributed by atoms with Gasteiger partial charge in [-0.15, -0.1) is 0 Å². The van der Waals surface area contributed by atoms with E-state index in [0.29, 0.717) is 18.5 Å². The fourth-order valence-electron chi connectivity index (χ4n) is 3.77. The van der Waals surface area contributed by atoms with Gasteiger partial charge in [-0.25, -0.2) is 0 Å². The van der Waals surface area contributed by atoms with E-state index in [9.17, 15) is 23.1 Å². The lowest BCUT2D eigenvalue weighted by Crippen LogP contribution is -2.47. The summed E-state index contributed by atoms with van der Waals surface area (Å²) in [5.74, 6) is -0.987. The molecule has 2 heterocycles. The molecule has 0 amide bonds. The van der Waals surface area contributed by atoms with E-state index in [1.807, 2.05) is 0 Å². The van der Waals surface area contributed by atoms with Crippen LogP contribution in [0.25, 0.3) is 0 Å². The fraction of sp³-hybridized carbons (Fsp3) is 0.400. The maximum Gasteiger partial charge on any atom is 0.416 e. The maximum atomic E-state index is 13.3. The number of rotatable bonds is 4. The molecule has 0 bridgehead atoms. The highest BCUT2D eigenvalue weighted by molar-refractivity contribution is 6.31. The van der Waals surface area contributed by atoms with Crippen molar-refractivity contribution < 1.29 is 23.1 Å². The normalized spacial score (nSPS) is 19.4. The Bertz CT molecular complexity index is 873. The van der Waals surface area contributed by atoms with Crippen LogP contribution in [0.1, 0.15) is 47.6 Å². The van der Waals surface area contributed by atoms with Crippen molar-refractivity contribution in [3.8, 4) is 0 Å². The Labute approximate surface area is 166 Å². The lowest BCUT2D eigenvalue weighted by atomic mass is 9.89. The summed E-state index contributed by atoms with van der Waals surface area (Å²) in [6.07, 6.45) is 0.602. The van der Waals surface area contributed by atoms with Gasteiger partial charge in [0.25, 0.3) is 0 Å². The van der Waals surface area contributed by atoms with Crippen molar-refractivity contribution in [1.29, 1.82) is 0 Å². The molecule has 2 aromatic rings. The number of hydrogen-bond donors (Lipinski definition) is 1. The highest BCUT2D eigenvalue weighted by Gasteiger charge is 2.38. The molecule has 2 unspecified atom stereocenters. The number of hydrogen-bond acceptors (Lipinski definition) is 3. The molecule has 1 N–H and O–H groups in total. The summed E-state index contributed by atoms with van der Waals surface area (Å²) in [4.78, 5) is 17.7. The quantitative estimate of drug-likeness (QED) is 0.759. The third-order valence-electron chi connectivity index (χ3n) is 5.14. The number of nitrogens with zero attached hydrogens (tertiary/aromatic N) is 2. The molecular weight excluding hydrogens is 393 g/mol. The molecule has 4 nitrogen and oxygen atoms in total. The predicted molar refractivity (Wildman–Crippen MR) is 99.3 cm³/mol. The summed E-state index contributed by atoms with van der Waals surface area (Å²) in [5.41, 5.74) is 0.895. The highest BCUT2D eigenvalue weighted by atomic mass is 35.5. The van der Waals surface area contributed by atoms with Gasteiger partial charge in [-0.05, 0) is 67.3 Å². The molecule has 1 fully saturated rings. The molecule has 0 radical (unpaired) electrons. The SMILES string of the molecule is Cc1cnccc1C(c1cc(C(F)(F)F)ccc1Cl)N1CCCCC1C(=O)O. The number of benzene rings is 1. The van der Waals surface area contributed by atoms with E-state index >= 15 is 0 Å². The molecule has 8 heteroatoms. The van der Waals surface area contributed by atoms with Crippen molar-refractivity contribution in [2.75, 3.05) is 6.54 Å².